The Morgan fingerprint density at radius 1 is 1.30 bits per heavy atom. The first kappa shape index (κ1) is 19.1. The van der Waals surface area contributed by atoms with E-state index in [-0.39, 0.29) is 16.8 Å². The molecule has 2 N–H and O–H groups in total. The molecule has 0 amide bonds. The van der Waals surface area contributed by atoms with Gasteiger partial charge in [0.25, 0.3) is 0 Å². The van der Waals surface area contributed by atoms with Gasteiger partial charge < -0.3 is 9.47 Å². The molecule has 0 saturated carbocycles. The van der Waals surface area contributed by atoms with Crippen molar-refractivity contribution >= 4 is 21.9 Å². The number of benzene rings is 2. The van der Waals surface area contributed by atoms with Crippen molar-refractivity contribution < 1.29 is 22.7 Å². The average Bonchev–Trinajstić information content (AvgIpc) is 2.98. The van der Waals surface area contributed by atoms with Gasteiger partial charge in [0.05, 0.1) is 11.5 Å². The fourth-order valence-electron chi connectivity index (χ4n) is 2.94. The highest BCUT2D eigenvalue weighted by Crippen LogP contribution is 2.35. The third-order valence-corrected chi connectivity index (χ3v) is 5.14. The van der Waals surface area contributed by atoms with E-state index in [1.165, 1.54) is 30.3 Å². The number of carbonyl (C=O) groups excluding carboxylic acids is 1. The van der Waals surface area contributed by atoms with Crippen LogP contribution < -0.4 is 14.6 Å². The van der Waals surface area contributed by atoms with E-state index in [0.29, 0.717) is 17.9 Å². The lowest BCUT2D eigenvalue weighted by Gasteiger charge is -2.10. The number of allylic oxidation sites excluding steroid dienone is 1. The van der Waals surface area contributed by atoms with Crippen LogP contribution in [0.2, 0.25) is 0 Å². The van der Waals surface area contributed by atoms with Crippen LogP contribution in [0.15, 0.2) is 47.4 Å². The van der Waals surface area contributed by atoms with E-state index in [0.717, 1.165) is 23.3 Å². The molecule has 0 spiro atoms. The predicted octanol–water partition coefficient (Wildman–Crippen LogP) is 2.95. The molecule has 0 fully saturated rings. The Hall–Kier alpha value is -2.64. The molecular weight excluding hydrogens is 366 g/mol. The number of nitrogens with two attached hydrogens (primary N) is 1. The zero-order chi connectivity index (χ0) is 19.6. The summed E-state index contributed by atoms with van der Waals surface area (Å²) in [7, 11) is -3.78. The smallest absolute Gasteiger partial charge is 0.238 e. The zero-order valence-corrected chi connectivity index (χ0v) is 16.0. The van der Waals surface area contributed by atoms with Crippen LogP contribution in [0.1, 0.15) is 35.3 Å². The maximum atomic E-state index is 12.4. The summed E-state index contributed by atoms with van der Waals surface area (Å²) in [5, 5.41) is 5.06. The number of fused-ring (bicyclic) bond motifs is 1. The largest absolute Gasteiger partial charge is 0.493 e. The Balaban J connectivity index is 1.85. The van der Waals surface area contributed by atoms with Crippen LogP contribution >= 0.6 is 0 Å². The minimum atomic E-state index is -3.78. The van der Waals surface area contributed by atoms with Gasteiger partial charge in [0, 0.05) is 23.1 Å². The first-order valence-electron chi connectivity index (χ1n) is 8.59. The van der Waals surface area contributed by atoms with Gasteiger partial charge in [-0.05, 0) is 62.4 Å². The summed E-state index contributed by atoms with van der Waals surface area (Å²) in [5.41, 5.74) is 2.20. The standard InChI is InChI=1S/C20H21NO5S/c1-3-25-19-12-16-10-13(2)26-20(16)11-15(19)6-9-18(22)14-4-7-17(8-5-14)27(21,23)24/h4-9,11-13H,3,10H2,1-2H3,(H2,21,23,24)/b9-6+. The maximum absolute atomic E-state index is 12.4. The van der Waals surface area contributed by atoms with Crippen LogP contribution in [0, 0.1) is 0 Å². The number of rotatable bonds is 6. The van der Waals surface area contributed by atoms with Crippen molar-refractivity contribution in [1.82, 2.24) is 0 Å². The molecule has 27 heavy (non-hydrogen) atoms. The SMILES string of the molecule is CCOc1cc2c(cc1/C=C/C(=O)c1ccc(S(N)(=O)=O)cc1)OC(C)C2. The molecule has 7 heteroatoms. The van der Waals surface area contributed by atoms with Gasteiger partial charge in [-0.2, -0.15) is 0 Å². The molecule has 1 atom stereocenters. The number of hydrogen-bond donors (Lipinski definition) is 1. The molecule has 1 unspecified atom stereocenters. The topological polar surface area (TPSA) is 95.7 Å². The molecule has 142 valence electrons. The summed E-state index contributed by atoms with van der Waals surface area (Å²) in [6.45, 7) is 4.42. The van der Waals surface area contributed by atoms with Crippen molar-refractivity contribution in [3.63, 3.8) is 0 Å². The Kier molecular flexibility index (Phi) is 5.34. The van der Waals surface area contributed by atoms with Crippen LogP contribution in [0.3, 0.4) is 0 Å². The van der Waals surface area contributed by atoms with Gasteiger partial charge in [0.2, 0.25) is 10.0 Å². The first-order chi connectivity index (χ1) is 12.8. The highest BCUT2D eigenvalue weighted by Gasteiger charge is 2.21. The van der Waals surface area contributed by atoms with Crippen LogP contribution in [-0.4, -0.2) is 26.9 Å². The van der Waals surface area contributed by atoms with Gasteiger partial charge in [0.1, 0.15) is 17.6 Å². The molecule has 2 aromatic carbocycles. The van der Waals surface area contributed by atoms with E-state index in [4.69, 9.17) is 14.6 Å². The number of carbonyl (C=O) groups is 1. The number of ether oxygens (including phenoxy) is 2. The number of hydrogen-bond acceptors (Lipinski definition) is 5. The number of primary sulfonamides is 1. The average molecular weight is 387 g/mol. The Morgan fingerprint density at radius 3 is 2.63 bits per heavy atom. The summed E-state index contributed by atoms with van der Waals surface area (Å²) in [6.07, 6.45) is 4.05. The van der Waals surface area contributed by atoms with Crippen LogP contribution in [-0.2, 0) is 16.4 Å². The summed E-state index contributed by atoms with van der Waals surface area (Å²) in [5.74, 6) is 1.24. The van der Waals surface area contributed by atoms with Crippen molar-refractivity contribution in [3.05, 3.63) is 59.2 Å². The third kappa shape index (κ3) is 4.37. The van der Waals surface area contributed by atoms with Crippen molar-refractivity contribution in [2.24, 2.45) is 5.14 Å². The molecule has 0 radical (unpaired) electrons. The molecule has 1 aliphatic heterocycles. The fourth-order valence-corrected chi connectivity index (χ4v) is 3.45. The highest BCUT2D eigenvalue weighted by molar-refractivity contribution is 7.89. The third-order valence-electron chi connectivity index (χ3n) is 4.21. The molecule has 3 rings (SSSR count). The molecule has 0 aromatic heterocycles. The van der Waals surface area contributed by atoms with Gasteiger partial charge in [0.15, 0.2) is 5.78 Å². The van der Waals surface area contributed by atoms with E-state index in [2.05, 4.69) is 0 Å². The fraction of sp³-hybridized carbons (Fsp3) is 0.250. The maximum Gasteiger partial charge on any atom is 0.238 e. The summed E-state index contributed by atoms with van der Waals surface area (Å²) >= 11 is 0. The van der Waals surface area contributed by atoms with Gasteiger partial charge in [-0.25, -0.2) is 13.6 Å². The minimum absolute atomic E-state index is 0.0356. The molecule has 0 saturated heterocycles. The van der Waals surface area contributed by atoms with Crippen molar-refractivity contribution in [3.8, 4) is 11.5 Å². The zero-order valence-electron chi connectivity index (χ0n) is 15.1. The van der Waals surface area contributed by atoms with Gasteiger partial charge >= 0.3 is 0 Å². The summed E-state index contributed by atoms with van der Waals surface area (Å²) < 4.78 is 34.0. The van der Waals surface area contributed by atoms with Crippen molar-refractivity contribution in [2.75, 3.05) is 6.61 Å². The van der Waals surface area contributed by atoms with Crippen LogP contribution in [0.4, 0.5) is 0 Å². The summed E-state index contributed by atoms with van der Waals surface area (Å²) in [6, 6.07) is 9.32. The van der Waals surface area contributed by atoms with E-state index < -0.39 is 10.0 Å². The van der Waals surface area contributed by atoms with Crippen molar-refractivity contribution in [1.29, 1.82) is 0 Å². The number of ketones is 1. The lowest BCUT2D eigenvalue weighted by Crippen LogP contribution is -2.12. The molecule has 1 aliphatic rings. The second-order valence-corrected chi connectivity index (χ2v) is 7.89. The van der Waals surface area contributed by atoms with E-state index in [1.807, 2.05) is 26.0 Å². The lowest BCUT2D eigenvalue weighted by atomic mass is 10.0. The second-order valence-electron chi connectivity index (χ2n) is 6.33. The monoisotopic (exact) mass is 387 g/mol. The van der Waals surface area contributed by atoms with E-state index in [9.17, 15) is 13.2 Å². The number of sulfonamides is 1. The normalized spacial score (nSPS) is 16.2. The molecule has 0 bridgehead atoms. The van der Waals surface area contributed by atoms with Gasteiger partial charge in [-0.3, -0.25) is 4.79 Å². The van der Waals surface area contributed by atoms with E-state index in [1.54, 1.807) is 6.08 Å². The lowest BCUT2D eigenvalue weighted by molar-refractivity contribution is 0.104. The molecule has 6 nitrogen and oxygen atoms in total. The molecule has 1 heterocycles. The van der Waals surface area contributed by atoms with Crippen LogP contribution in [0.25, 0.3) is 6.08 Å². The summed E-state index contributed by atoms with van der Waals surface area (Å²) in [4.78, 5) is 12.4. The molecule has 0 aliphatic carbocycles. The first-order valence-corrected chi connectivity index (χ1v) is 10.1. The van der Waals surface area contributed by atoms with E-state index >= 15 is 0 Å². The Morgan fingerprint density at radius 2 is 2.00 bits per heavy atom. The van der Waals surface area contributed by atoms with Gasteiger partial charge in [-0.1, -0.05) is 0 Å². The minimum Gasteiger partial charge on any atom is -0.493 e. The predicted molar refractivity (Wildman–Crippen MR) is 103 cm³/mol. The quantitative estimate of drug-likeness (QED) is 0.607. The molecular formula is C20H21NO5S. The van der Waals surface area contributed by atoms with Gasteiger partial charge in [-0.15, -0.1) is 0 Å². The Labute approximate surface area is 158 Å². The Bertz CT molecular complexity index is 994. The highest BCUT2D eigenvalue weighted by atomic mass is 32.2. The van der Waals surface area contributed by atoms with Crippen LogP contribution in [0.5, 0.6) is 11.5 Å². The second kappa shape index (κ2) is 7.54. The molecule has 2 aromatic rings. The van der Waals surface area contributed by atoms with Crippen molar-refractivity contribution in [2.45, 2.75) is 31.3 Å².